The Hall–Kier alpha value is -1.62. The van der Waals surface area contributed by atoms with E-state index in [0.29, 0.717) is 0 Å². The van der Waals surface area contributed by atoms with E-state index in [1.807, 2.05) is 25.2 Å². The number of nitrogens with zero attached hydrogens (tertiary/aromatic N) is 2. The Labute approximate surface area is 128 Å². The van der Waals surface area contributed by atoms with Crippen molar-refractivity contribution in [3.63, 3.8) is 0 Å². The van der Waals surface area contributed by atoms with Crippen LogP contribution in [0.2, 0.25) is 0 Å². The zero-order chi connectivity index (χ0) is 14.7. The lowest BCUT2D eigenvalue weighted by atomic mass is 10.2. The third kappa shape index (κ3) is 3.28. The van der Waals surface area contributed by atoms with Crippen molar-refractivity contribution in [3.8, 4) is 0 Å². The van der Waals surface area contributed by atoms with E-state index < -0.39 is 0 Å². The monoisotopic (exact) mass is 334 g/mol. The number of nitrogens with one attached hydrogen (secondary N) is 2. The topological polar surface area (TPSA) is 49.8 Å². The molecule has 1 aromatic heterocycles. The van der Waals surface area contributed by atoms with Crippen LogP contribution in [-0.4, -0.2) is 17.0 Å². The summed E-state index contributed by atoms with van der Waals surface area (Å²) >= 11 is 3.60. The molecular weight excluding hydrogens is 316 g/mol. The first-order valence-electron chi connectivity index (χ1n) is 6.60. The maximum atomic E-state index is 4.56. The lowest BCUT2D eigenvalue weighted by Crippen LogP contribution is -2.05. The van der Waals surface area contributed by atoms with Gasteiger partial charge in [-0.1, -0.05) is 26.0 Å². The summed E-state index contributed by atoms with van der Waals surface area (Å²) in [6.45, 7) is 6.23. The van der Waals surface area contributed by atoms with Crippen molar-refractivity contribution in [2.75, 3.05) is 17.7 Å². The second kappa shape index (κ2) is 6.22. The Morgan fingerprint density at radius 3 is 2.50 bits per heavy atom. The Morgan fingerprint density at radius 1 is 1.15 bits per heavy atom. The number of benzene rings is 1. The summed E-state index contributed by atoms with van der Waals surface area (Å²) in [6.07, 6.45) is 0. The molecule has 4 nitrogen and oxygen atoms in total. The molecule has 0 bridgehead atoms. The van der Waals surface area contributed by atoms with Gasteiger partial charge in [0.15, 0.2) is 0 Å². The van der Waals surface area contributed by atoms with Crippen LogP contribution in [0.3, 0.4) is 0 Å². The Kier molecular flexibility index (Phi) is 4.60. The van der Waals surface area contributed by atoms with E-state index in [0.717, 1.165) is 27.6 Å². The Morgan fingerprint density at radius 2 is 1.85 bits per heavy atom. The van der Waals surface area contributed by atoms with Crippen LogP contribution in [0.25, 0.3) is 0 Å². The van der Waals surface area contributed by atoms with Crippen LogP contribution in [0.5, 0.6) is 0 Å². The van der Waals surface area contributed by atoms with Crippen LogP contribution < -0.4 is 10.6 Å². The standard InChI is InChI=1S/C15H19BrN4/c1-9(2)15-19-12(17-4)8-13(20-15)18-11-7-5-6-10(3)14(11)16/h5-9H,1-4H3,(H2,17,18,19,20). The van der Waals surface area contributed by atoms with Gasteiger partial charge in [0.25, 0.3) is 0 Å². The van der Waals surface area contributed by atoms with Crippen LogP contribution in [0.4, 0.5) is 17.3 Å². The minimum atomic E-state index is 0.282. The number of aryl methyl sites for hydroxylation is 1. The molecule has 2 aromatic rings. The molecular formula is C15H19BrN4. The normalized spacial score (nSPS) is 10.7. The smallest absolute Gasteiger partial charge is 0.136 e. The number of hydrogen-bond donors (Lipinski definition) is 2. The van der Waals surface area contributed by atoms with Crippen molar-refractivity contribution >= 4 is 33.3 Å². The number of aromatic nitrogens is 2. The highest BCUT2D eigenvalue weighted by atomic mass is 79.9. The molecule has 0 fully saturated rings. The quantitative estimate of drug-likeness (QED) is 0.866. The van der Waals surface area contributed by atoms with Gasteiger partial charge >= 0.3 is 0 Å². The fourth-order valence-corrected chi connectivity index (χ4v) is 2.16. The molecule has 1 heterocycles. The maximum Gasteiger partial charge on any atom is 0.136 e. The third-order valence-corrected chi connectivity index (χ3v) is 4.02. The van der Waals surface area contributed by atoms with Gasteiger partial charge in [0.2, 0.25) is 0 Å². The maximum absolute atomic E-state index is 4.56. The minimum absolute atomic E-state index is 0.282. The molecule has 0 atom stereocenters. The molecule has 0 aliphatic carbocycles. The van der Waals surface area contributed by atoms with Crippen molar-refractivity contribution in [2.24, 2.45) is 0 Å². The van der Waals surface area contributed by atoms with E-state index in [1.165, 1.54) is 5.56 Å². The van der Waals surface area contributed by atoms with Crippen LogP contribution >= 0.6 is 15.9 Å². The lowest BCUT2D eigenvalue weighted by molar-refractivity contribution is 0.778. The van der Waals surface area contributed by atoms with Crippen molar-refractivity contribution in [2.45, 2.75) is 26.7 Å². The molecule has 0 spiro atoms. The van der Waals surface area contributed by atoms with Gasteiger partial charge in [0.05, 0.1) is 5.69 Å². The molecule has 0 saturated carbocycles. The molecule has 0 amide bonds. The van der Waals surface area contributed by atoms with E-state index in [4.69, 9.17) is 0 Å². The average Bonchev–Trinajstić information content (AvgIpc) is 2.43. The first kappa shape index (κ1) is 14.8. The second-order valence-electron chi connectivity index (χ2n) is 4.96. The molecule has 1 aromatic carbocycles. The van der Waals surface area contributed by atoms with Crippen LogP contribution in [0.1, 0.15) is 31.2 Å². The first-order chi connectivity index (χ1) is 9.51. The van der Waals surface area contributed by atoms with E-state index in [-0.39, 0.29) is 5.92 Å². The Bertz CT molecular complexity index is 611. The molecule has 106 valence electrons. The van der Waals surface area contributed by atoms with E-state index in [1.54, 1.807) is 0 Å². The SMILES string of the molecule is CNc1cc(Nc2cccc(C)c2Br)nc(C(C)C)n1. The fraction of sp³-hybridized carbons (Fsp3) is 0.333. The van der Waals surface area contributed by atoms with Crippen molar-refractivity contribution < 1.29 is 0 Å². The minimum Gasteiger partial charge on any atom is -0.373 e. The van der Waals surface area contributed by atoms with Crippen molar-refractivity contribution in [1.29, 1.82) is 0 Å². The van der Waals surface area contributed by atoms with Gasteiger partial charge in [-0.2, -0.15) is 0 Å². The molecule has 0 radical (unpaired) electrons. The van der Waals surface area contributed by atoms with Gasteiger partial charge in [0, 0.05) is 23.5 Å². The van der Waals surface area contributed by atoms with E-state index in [9.17, 15) is 0 Å². The third-order valence-electron chi connectivity index (χ3n) is 2.97. The van der Waals surface area contributed by atoms with Gasteiger partial charge in [-0.25, -0.2) is 9.97 Å². The number of anilines is 3. The molecule has 2 N–H and O–H groups in total. The largest absolute Gasteiger partial charge is 0.373 e. The average molecular weight is 335 g/mol. The van der Waals surface area contributed by atoms with Crippen molar-refractivity contribution in [1.82, 2.24) is 9.97 Å². The van der Waals surface area contributed by atoms with Gasteiger partial charge in [-0.3, -0.25) is 0 Å². The number of hydrogen-bond acceptors (Lipinski definition) is 4. The molecule has 0 aliphatic rings. The van der Waals surface area contributed by atoms with Crippen molar-refractivity contribution in [3.05, 3.63) is 40.1 Å². The van der Waals surface area contributed by atoms with Crippen LogP contribution in [0, 0.1) is 6.92 Å². The summed E-state index contributed by atoms with van der Waals surface area (Å²) in [5.41, 5.74) is 2.18. The highest BCUT2D eigenvalue weighted by Gasteiger charge is 2.09. The molecule has 20 heavy (non-hydrogen) atoms. The zero-order valence-corrected chi connectivity index (χ0v) is 13.7. The predicted molar refractivity (Wildman–Crippen MR) is 87.8 cm³/mol. The molecule has 0 aliphatic heterocycles. The molecule has 0 unspecified atom stereocenters. The van der Waals surface area contributed by atoms with E-state index in [2.05, 4.69) is 63.4 Å². The van der Waals surface area contributed by atoms with Gasteiger partial charge in [-0.05, 0) is 34.5 Å². The summed E-state index contributed by atoms with van der Waals surface area (Å²) in [5.74, 6) is 2.71. The summed E-state index contributed by atoms with van der Waals surface area (Å²) in [6, 6.07) is 8.01. The number of halogens is 1. The summed E-state index contributed by atoms with van der Waals surface area (Å²) in [5, 5.41) is 6.42. The van der Waals surface area contributed by atoms with Gasteiger partial charge < -0.3 is 10.6 Å². The fourth-order valence-electron chi connectivity index (χ4n) is 1.80. The Balaban J connectivity index is 2.37. The first-order valence-corrected chi connectivity index (χ1v) is 7.39. The molecule has 5 heteroatoms. The number of rotatable bonds is 4. The molecule has 0 saturated heterocycles. The van der Waals surface area contributed by atoms with Gasteiger partial charge in [0.1, 0.15) is 17.5 Å². The van der Waals surface area contributed by atoms with Crippen LogP contribution in [0.15, 0.2) is 28.7 Å². The van der Waals surface area contributed by atoms with Crippen LogP contribution in [-0.2, 0) is 0 Å². The van der Waals surface area contributed by atoms with Gasteiger partial charge in [-0.15, -0.1) is 0 Å². The molecule has 2 rings (SSSR count). The van der Waals surface area contributed by atoms with E-state index >= 15 is 0 Å². The predicted octanol–water partition coefficient (Wildman–Crippen LogP) is 4.46. The lowest BCUT2D eigenvalue weighted by Gasteiger charge is -2.13. The highest BCUT2D eigenvalue weighted by Crippen LogP contribution is 2.29. The second-order valence-corrected chi connectivity index (χ2v) is 5.76. The summed E-state index contributed by atoms with van der Waals surface area (Å²) < 4.78 is 1.05. The summed E-state index contributed by atoms with van der Waals surface area (Å²) in [4.78, 5) is 9.02. The zero-order valence-electron chi connectivity index (χ0n) is 12.2. The summed E-state index contributed by atoms with van der Waals surface area (Å²) in [7, 11) is 1.86. The highest BCUT2D eigenvalue weighted by molar-refractivity contribution is 9.10.